The molecular formula is C28H48N8O12. The van der Waals surface area contributed by atoms with Gasteiger partial charge >= 0.3 is 11.9 Å². The number of carboxylic acid groups (broad SMARTS) is 2. The average Bonchev–Trinajstić information content (AvgIpc) is 2.99. The van der Waals surface area contributed by atoms with E-state index in [1.807, 2.05) is 0 Å². The summed E-state index contributed by atoms with van der Waals surface area (Å²) in [5.41, 5.74) is 10.6. The highest BCUT2D eigenvalue weighted by Crippen LogP contribution is 2.08. The van der Waals surface area contributed by atoms with E-state index in [1.165, 1.54) is 6.92 Å². The summed E-state index contributed by atoms with van der Waals surface area (Å²) < 4.78 is 0. The summed E-state index contributed by atoms with van der Waals surface area (Å²) in [5.74, 6) is -9.78. The van der Waals surface area contributed by atoms with Gasteiger partial charge in [-0.15, -0.1) is 0 Å². The Bertz CT molecular complexity index is 1190. The lowest BCUT2D eigenvalue weighted by atomic mass is 10.0. The Balaban J connectivity index is 5.71. The highest BCUT2D eigenvalue weighted by Gasteiger charge is 2.33. The van der Waals surface area contributed by atoms with Gasteiger partial charge in [0.25, 0.3) is 0 Å². The fraction of sp³-hybridized carbons (Fsp3) is 0.679. The van der Waals surface area contributed by atoms with Crippen molar-refractivity contribution >= 4 is 53.3 Å². The third kappa shape index (κ3) is 16.1. The van der Waals surface area contributed by atoms with Crippen LogP contribution < -0.4 is 43.4 Å². The fourth-order valence-corrected chi connectivity index (χ4v) is 3.97. The van der Waals surface area contributed by atoms with Crippen LogP contribution in [0.5, 0.6) is 0 Å². The van der Waals surface area contributed by atoms with E-state index >= 15 is 0 Å². The van der Waals surface area contributed by atoms with E-state index in [0.29, 0.717) is 0 Å². The molecule has 0 bridgehead atoms. The van der Waals surface area contributed by atoms with Crippen LogP contribution in [-0.2, 0) is 43.2 Å². The van der Waals surface area contributed by atoms with Gasteiger partial charge in [-0.25, -0.2) is 0 Å². The van der Waals surface area contributed by atoms with Crippen LogP contribution >= 0.6 is 0 Å². The molecule has 0 unspecified atom stereocenters. The van der Waals surface area contributed by atoms with Crippen molar-refractivity contribution < 1.29 is 58.5 Å². The number of nitrogens with one attached hydrogen (secondary N) is 6. The number of carbonyl (C=O) groups is 9. The second-order valence-corrected chi connectivity index (χ2v) is 11.7. The highest BCUT2D eigenvalue weighted by atomic mass is 16.4. The van der Waals surface area contributed by atoms with Crippen LogP contribution in [0.4, 0.5) is 0 Å². The molecule has 0 saturated carbocycles. The minimum atomic E-state index is -1.43. The number of carboxylic acids is 2. The van der Waals surface area contributed by atoms with Gasteiger partial charge < -0.3 is 58.7 Å². The van der Waals surface area contributed by atoms with Crippen molar-refractivity contribution in [2.45, 2.75) is 96.6 Å². The third-order valence-corrected chi connectivity index (χ3v) is 6.79. The zero-order valence-electron chi connectivity index (χ0n) is 27.5. The summed E-state index contributed by atoms with van der Waals surface area (Å²) in [5, 5.41) is 41.0. The number of amides is 7. The molecule has 0 fully saturated rings. The van der Waals surface area contributed by atoms with Gasteiger partial charge in [-0.1, -0.05) is 27.7 Å². The maximum atomic E-state index is 13.2. The lowest BCUT2D eigenvalue weighted by Gasteiger charge is -2.28. The van der Waals surface area contributed by atoms with Crippen molar-refractivity contribution in [1.29, 1.82) is 0 Å². The van der Waals surface area contributed by atoms with E-state index in [0.717, 1.165) is 0 Å². The number of aliphatic carboxylic acids is 2. The van der Waals surface area contributed by atoms with Gasteiger partial charge in [-0.3, -0.25) is 43.2 Å². The van der Waals surface area contributed by atoms with Crippen LogP contribution in [0.15, 0.2) is 0 Å². The van der Waals surface area contributed by atoms with Crippen LogP contribution in [0.2, 0.25) is 0 Å². The molecule has 0 aromatic rings. The topological polar surface area (TPSA) is 339 Å². The normalized spacial score (nSPS) is 14.7. The molecule has 0 spiro atoms. The van der Waals surface area contributed by atoms with E-state index in [-0.39, 0.29) is 19.3 Å². The van der Waals surface area contributed by atoms with Gasteiger partial charge in [0, 0.05) is 12.8 Å². The van der Waals surface area contributed by atoms with Crippen molar-refractivity contribution in [3.63, 3.8) is 0 Å². The molecule has 0 aliphatic heterocycles. The van der Waals surface area contributed by atoms with Crippen LogP contribution in [0.1, 0.15) is 60.3 Å². The number of nitrogens with two attached hydrogens (primary N) is 2. The van der Waals surface area contributed by atoms with E-state index in [2.05, 4.69) is 31.9 Å². The number of primary amides is 1. The van der Waals surface area contributed by atoms with Gasteiger partial charge in [0.1, 0.15) is 42.8 Å². The Labute approximate surface area is 276 Å². The largest absolute Gasteiger partial charge is 0.481 e. The molecule has 13 N–H and O–H groups in total. The fourth-order valence-electron chi connectivity index (χ4n) is 3.97. The average molecular weight is 689 g/mol. The summed E-state index contributed by atoms with van der Waals surface area (Å²) in [6, 6.07) is -7.99. The standard InChI is InChI=1S/C28H48N8O12/c1-12(2)21(36-26(46)17(7-9-19(39)40)33-24(44)15(29)11-37)27(47)32-14(5)23(43)35-22(13(3)4)28(48)34-16(6-8-18(30)38)25(45)31-10-20(41)42/h12-17,21-22,37H,6-11,29H2,1-5H3,(H2,30,38)(H,31,45)(H,32,47)(H,33,44)(H,34,48)(H,35,43)(H,36,46)(H,39,40)(H,41,42)/t14-,15-,16-,17-,21-,22-/m0/s1. The molecule has 0 aromatic heterocycles. The second kappa shape index (κ2) is 21.1. The predicted octanol–water partition coefficient (Wildman–Crippen LogP) is -4.61. The van der Waals surface area contributed by atoms with Crippen molar-refractivity contribution in [2.24, 2.45) is 23.3 Å². The van der Waals surface area contributed by atoms with Crippen LogP contribution in [0, 0.1) is 11.8 Å². The number of carbonyl (C=O) groups excluding carboxylic acids is 7. The molecular weight excluding hydrogens is 640 g/mol. The SMILES string of the molecule is CC(C)[C@H](NC(=O)[C@H](C)NC(=O)[C@@H](NC(=O)[C@H](CCC(=O)O)NC(=O)[C@@H](N)CO)C(C)C)C(=O)N[C@@H](CCC(N)=O)C(=O)NCC(=O)O. The number of hydrogen-bond acceptors (Lipinski definition) is 11. The van der Waals surface area contributed by atoms with E-state index in [1.54, 1.807) is 27.7 Å². The van der Waals surface area contributed by atoms with Crippen molar-refractivity contribution in [3.8, 4) is 0 Å². The Morgan fingerprint density at radius 2 is 1.04 bits per heavy atom. The molecule has 0 aromatic carbocycles. The lowest BCUT2D eigenvalue weighted by Crippen LogP contribution is -2.60. The maximum Gasteiger partial charge on any atom is 0.322 e. The molecule has 20 nitrogen and oxygen atoms in total. The van der Waals surface area contributed by atoms with E-state index in [9.17, 15) is 43.2 Å². The second-order valence-electron chi connectivity index (χ2n) is 11.7. The lowest BCUT2D eigenvalue weighted by molar-refractivity contribution is -0.139. The molecule has 0 aliphatic rings. The van der Waals surface area contributed by atoms with Crippen LogP contribution in [0.3, 0.4) is 0 Å². The van der Waals surface area contributed by atoms with Crippen LogP contribution in [-0.4, -0.2) is 118 Å². The summed E-state index contributed by atoms with van der Waals surface area (Å²) in [6.45, 7) is 6.10. The minimum absolute atomic E-state index is 0.255. The summed E-state index contributed by atoms with van der Waals surface area (Å²) in [6.07, 6.45) is -1.45. The van der Waals surface area contributed by atoms with Gasteiger partial charge in [0.2, 0.25) is 41.4 Å². The summed E-state index contributed by atoms with van der Waals surface area (Å²) in [7, 11) is 0. The molecule has 272 valence electrons. The Kier molecular flexibility index (Phi) is 19.0. The van der Waals surface area contributed by atoms with Gasteiger partial charge in [-0.05, 0) is 31.6 Å². The first kappa shape index (κ1) is 43.1. The smallest absolute Gasteiger partial charge is 0.322 e. The molecule has 0 radical (unpaired) electrons. The highest BCUT2D eigenvalue weighted by molar-refractivity contribution is 5.97. The van der Waals surface area contributed by atoms with Gasteiger partial charge in [0.15, 0.2) is 0 Å². The van der Waals surface area contributed by atoms with Crippen molar-refractivity contribution in [2.75, 3.05) is 13.2 Å². The Morgan fingerprint density at radius 3 is 1.50 bits per heavy atom. The quantitative estimate of drug-likeness (QED) is 0.0511. The van der Waals surface area contributed by atoms with Crippen LogP contribution in [0.25, 0.3) is 0 Å². The first-order valence-corrected chi connectivity index (χ1v) is 15.1. The third-order valence-electron chi connectivity index (χ3n) is 6.79. The monoisotopic (exact) mass is 688 g/mol. The van der Waals surface area contributed by atoms with Gasteiger partial charge in [0.05, 0.1) is 6.61 Å². The minimum Gasteiger partial charge on any atom is -0.481 e. The van der Waals surface area contributed by atoms with Crippen molar-refractivity contribution in [1.82, 2.24) is 31.9 Å². The first-order valence-electron chi connectivity index (χ1n) is 15.1. The molecule has 0 heterocycles. The maximum absolute atomic E-state index is 13.2. The number of hydrogen-bond donors (Lipinski definition) is 11. The first-order chi connectivity index (χ1) is 22.2. The number of aliphatic hydroxyl groups is 1. The zero-order valence-corrected chi connectivity index (χ0v) is 27.5. The number of rotatable bonds is 22. The molecule has 6 atom stereocenters. The number of aliphatic hydroxyl groups excluding tert-OH is 1. The Hall–Kier alpha value is -4.85. The van der Waals surface area contributed by atoms with Crippen molar-refractivity contribution in [3.05, 3.63) is 0 Å². The molecule has 0 rings (SSSR count). The predicted molar refractivity (Wildman–Crippen MR) is 166 cm³/mol. The van der Waals surface area contributed by atoms with Gasteiger partial charge in [-0.2, -0.15) is 0 Å². The summed E-state index contributed by atoms with van der Waals surface area (Å²) >= 11 is 0. The molecule has 20 heteroatoms. The molecule has 7 amide bonds. The zero-order chi connectivity index (χ0) is 37.3. The van der Waals surface area contributed by atoms with E-state index < -0.39 is 121 Å². The van der Waals surface area contributed by atoms with E-state index in [4.69, 9.17) is 26.8 Å². The Morgan fingerprint density at radius 1 is 0.583 bits per heavy atom. The molecule has 0 saturated heterocycles. The summed E-state index contributed by atoms with van der Waals surface area (Å²) in [4.78, 5) is 110. The molecule has 48 heavy (non-hydrogen) atoms. The molecule has 0 aliphatic carbocycles.